The minimum Gasteiger partial charge on any atom is -0.208 e. The van der Waals surface area contributed by atoms with Gasteiger partial charge >= 0.3 is 0 Å². The largest absolute Gasteiger partial charge is 0.240 e. The Bertz CT molecular complexity index is 501. The molecule has 0 aliphatic heterocycles. The summed E-state index contributed by atoms with van der Waals surface area (Å²) in [5.41, 5.74) is 0. The van der Waals surface area contributed by atoms with Gasteiger partial charge in [-0.3, -0.25) is 0 Å². The van der Waals surface area contributed by atoms with Crippen LogP contribution >= 0.6 is 15.9 Å². The summed E-state index contributed by atoms with van der Waals surface area (Å²) in [5.74, 6) is 0.428. The van der Waals surface area contributed by atoms with Crippen LogP contribution in [0.2, 0.25) is 0 Å². The monoisotopic (exact) mass is 317 g/mol. The summed E-state index contributed by atoms with van der Waals surface area (Å²) < 4.78 is 27.9. The van der Waals surface area contributed by atoms with E-state index in [0.717, 1.165) is 23.7 Å². The molecular formula is C12H16BrNO2S. The Morgan fingerprint density at radius 1 is 1.35 bits per heavy atom. The van der Waals surface area contributed by atoms with Gasteiger partial charge in [0.15, 0.2) is 0 Å². The lowest BCUT2D eigenvalue weighted by Gasteiger charge is -2.17. The smallest absolute Gasteiger partial charge is 0.208 e. The summed E-state index contributed by atoms with van der Waals surface area (Å²) >= 11 is 3.29. The standard InChI is InChI=1S/C12H16BrNO2S/c1-9-4-2-7-12(9)14-17(15,16)11-6-3-5-10(13)8-11/h3,5-6,8-9,12,14H,2,4,7H2,1H3. The molecule has 5 heteroatoms. The molecule has 3 nitrogen and oxygen atoms in total. The Morgan fingerprint density at radius 3 is 2.71 bits per heavy atom. The fourth-order valence-electron chi connectivity index (χ4n) is 2.22. The number of nitrogens with one attached hydrogen (secondary N) is 1. The SMILES string of the molecule is CC1CCCC1NS(=O)(=O)c1cccc(Br)c1. The number of halogens is 1. The maximum atomic E-state index is 12.2. The van der Waals surface area contributed by atoms with Crippen LogP contribution in [-0.2, 0) is 10.0 Å². The lowest BCUT2D eigenvalue weighted by atomic mass is 10.1. The predicted octanol–water partition coefficient (Wildman–Crippen LogP) is 2.92. The first-order chi connectivity index (χ1) is 7.99. The van der Waals surface area contributed by atoms with Crippen molar-refractivity contribution >= 4 is 26.0 Å². The lowest BCUT2D eigenvalue weighted by molar-refractivity contribution is 0.476. The van der Waals surface area contributed by atoms with Crippen LogP contribution in [0.3, 0.4) is 0 Å². The second-order valence-electron chi connectivity index (χ2n) is 4.59. The molecule has 1 aliphatic carbocycles. The Kier molecular flexibility index (Phi) is 3.90. The van der Waals surface area contributed by atoms with E-state index in [0.29, 0.717) is 10.8 Å². The molecule has 2 unspecified atom stereocenters. The van der Waals surface area contributed by atoms with Gasteiger partial charge in [0.2, 0.25) is 10.0 Å². The van der Waals surface area contributed by atoms with E-state index in [1.807, 2.05) is 6.07 Å². The first-order valence-electron chi connectivity index (χ1n) is 5.77. The third-order valence-electron chi connectivity index (χ3n) is 3.27. The van der Waals surface area contributed by atoms with Gasteiger partial charge in [0.25, 0.3) is 0 Å². The van der Waals surface area contributed by atoms with Gasteiger partial charge in [0, 0.05) is 10.5 Å². The molecule has 0 heterocycles. The van der Waals surface area contributed by atoms with Gasteiger partial charge in [-0.15, -0.1) is 0 Å². The molecule has 2 atom stereocenters. The summed E-state index contributed by atoms with van der Waals surface area (Å²) in [7, 11) is -3.38. The molecule has 0 amide bonds. The molecule has 1 N–H and O–H groups in total. The van der Waals surface area contributed by atoms with Crippen molar-refractivity contribution < 1.29 is 8.42 Å². The number of benzene rings is 1. The summed E-state index contributed by atoms with van der Waals surface area (Å²) in [4.78, 5) is 0.325. The second kappa shape index (κ2) is 5.08. The van der Waals surface area contributed by atoms with E-state index >= 15 is 0 Å². The molecule has 0 bridgehead atoms. The molecule has 1 fully saturated rings. The maximum absolute atomic E-state index is 12.2. The predicted molar refractivity (Wildman–Crippen MR) is 71.3 cm³/mol. The van der Waals surface area contributed by atoms with Gasteiger partial charge in [0.1, 0.15) is 0 Å². The van der Waals surface area contributed by atoms with Crippen LogP contribution in [-0.4, -0.2) is 14.5 Å². The molecule has 0 saturated heterocycles. The van der Waals surface area contributed by atoms with Crippen molar-refractivity contribution in [1.29, 1.82) is 0 Å². The highest BCUT2D eigenvalue weighted by molar-refractivity contribution is 9.10. The molecule has 17 heavy (non-hydrogen) atoms. The van der Waals surface area contributed by atoms with E-state index in [-0.39, 0.29) is 6.04 Å². The molecule has 0 spiro atoms. The van der Waals surface area contributed by atoms with E-state index < -0.39 is 10.0 Å². The summed E-state index contributed by atoms with van der Waals surface area (Å²) in [5, 5.41) is 0. The molecule has 1 aromatic carbocycles. The molecule has 2 rings (SSSR count). The third kappa shape index (κ3) is 3.09. The first-order valence-corrected chi connectivity index (χ1v) is 8.04. The van der Waals surface area contributed by atoms with Crippen LogP contribution in [0, 0.1) is 5.92 Å². The Hall–Kier alpha value is -0.390. The zero-order valence-corrected chi connectivity index (χ0v) is 12.1. The van der Waals surface area contributed by atoms with Crippen LogP contribution < -0.4 is 4.72 Å². The molecular weight excluding hydrogens is 302 g/mol. The fraction of sp³-hybridized carbons (Fsp3) is 0.500. The topological polar surface area (TPSA) is 46.2 Å². The van der Waals surface area contributed by atoms with Crippen molar-refractivity contribution in [3.05, 3.63) is 28.7 Å². The molecule has 0 radical (unpaired) electrons. The van der Waals surface area contributed by atoms with Crippen LogP contribution in [0.4, 0.5) is 0 Å². The zero-order valence-electron chi connectivity index (χ0n) is 9.69. The summed E-state index contributed by atoms with van der Waals surface area (Å²) in [6.07, 6.45) is 3.15. The zero-order chi connectivity index (χ0) is 12.5. The van der Waals surface area contributed by atoms with Gasteiger partial charge in [0.05, 0.1) is 4.90 Å². The second-order valence-corrected chi connectivity index (χ2v) is 7.22. The number of sulfonamides is 1. The van der Waals surface area contributed by atoms with Crippen LogP contribution in [0.5, 0.6) is 0 Å². The summed E-state index contributed by atoms with van der Waals surface area (Å²) in [6, 6.07) is 6.88. The van der Waals surface area contributed by atoms with Crippen LogP contribution in [0.15, 0.2) is 33.6 Å². The van der Waals surface area contributed by atoms with Gasteiger partial charge in [-0.2, -0.15) is 0 Å². The summed E-state index contributed by atoms with van der Waals surface area (Å²) in [6.45, 7) is 2.10. The highest BCUT2D eigenvalue weighted by Gasteiger charge is 2.28. The number of hydrogen-bond donors (Lipinski definition) is 1. The minimum absolute atomic E-state index is 0.0824. The molecule has 1 saturated carbocycles. The van der Waals surface area contributed by atoms with E-state index in [1.54, 1.807) is 18.2 Å². The van der Waals surface area contributed by atoms with E-state index in [1.165, 1.54) is 0 Å². The minimum atomic E-state index is -3.38. The van der Waals surface area contributed by atoms with Crippen LogP contribution in [0.25, 0.3) is 0 Å². The number of rotatable bonds is 3. The van der Waals surface area contributed by atoms with Crippen molar-refractivity contribution in [2.45, 2.75) is 37.1 Å². The molecule has 1 aliphatic rings. The fourth-order valence-corrected chi connectivity index (χ4v) is 4.20. The average molecular weight is 318 g/mol. The van der Waals surface area contributed by atoms with Crippen molar-refractivity contribution in [2.24, 2.45) is 5.92 Å². The Labute approximate surface area is 111 Å². The lowest BCUT2D eigenvalue weighted by Crippen LogP contribution is -2.36. The van der Waals surface area contributed by atoms with Crippen molar-refractivity contribution in [3.8, 4) is 0 Å². The van der Waals surface area contributed by atoms with Crippen LogP contribution in [0.1, 0.15) is 26.2 Å². The quantitative estimate of drug-likeness (QED) is 0.931. The van der Waals surface area contributed by atoms with Gasteiger partial charge in [-0.05, 0) is 37.0 Å². The van der Waals surface area contributed by atoms with E-state index in [9.17, 15) is 8.42 Å². The van der Waals surface area contributed by atoms with Crippen molar-refractivity contribution in [2.75, 3.05) is 0 Å². The first kappa shape index (κ1) is 13.1. The number of hydrogen-bond acceptors (Lipinski definition) is 2. The highest BCUT2D eigenvalue weighted by atomic mass is 79.9. The van der Waals surface area contributed by atoms with E-state index in [4.69, 9.17) is 0 Å². The van der Waals surface area contributed by atoms with Crippen molar-refractivity contribution in [1.82, 2.24) is 4.72 Å². The Morgan fingerprint density at radius 2 is 2.12 bits per heavy atom. The molecule has 94 valence electrons. The average Bonchev–Trinajstić information content (AvgIpc) is 2.64. The molecule has 1 aromatic rings. The van der Waals surface area contributed by atoms with Gasteiger partial charge in [-0.25, -0.2) is 13.1 Å². The third-order valence-corrected chi connectivity index (χ3v) is 5.26. The van der Waals surface area contributed by atoms with E-state index in [2.05, 4.69) is 27.6 Å². The highest BCUT2D eigenvalue weighted by Crippen LogP contribution is 2.26. The van der Waals surface area contributed by atoms with Gasteiger partial charge < -0.3 is 0 Å². The van der Waals surface area contributed by atoms with Gasteiger partial charge in [-0.1, -0.05) is 35.3 Å². The molecule has 0 aromatic heterocycles. The maximum Gasteiger partial charge on any atom is 0.240 e. The normalized spacial score (nSPS) is 25.1. The van der Waals surface area contributed by atoms with Crippen molar-refractivity contribution in [3.63, 3.8) is 0 Å². The Balaban J connectivity index is 2.19.